The van der Waals surface area contributed by atoms with Gasteiger partial charge in [0.25, 0.3) is 0 Å². The number of hydrogen-bond donors (Lipinski definition) is 2. The van der Waals surface area contributed by atoms with Gasteiger partial charge in [-0.25, -0.2) is 8.78 Å². The van der Waals surface area contributed by atoms with Crippen LogP contribution in [0.15, 0.2) is 18.2 Å². The highest BCUT2D eigenvalue weighted by Gasteiger charge is 2.03. The number of carbonyl (C=O) groups is 1. The first-order valence-electron chi connectivity index (χ1n) is 5.18. The second-order valence-electron chi connectivity index (χ2n) is 3.31. The lowest BCUT2D eigenvalue weighted by Gasteiger charge is -2.07. The van der Waals surface area contributed by atoms with Crippen molar-refractivity contribution in [2.75, 3.05) is 19.7 Å². The van der Waals surface area contributed by atoms with Crippen LogP contribution in [0.4, 0.5) is 8.78 Å². The highest BCUT2D eigenvalue weighted by atomic mass is 19.2. The van der Waals surface area contributed by atoms with Gasteiger partial charge in [0.05, 0.1) is 6.54 Å². The summed E-state index contributed by atoms with van der Waals surface area (Å²) in [6.07, 6.45) is 0.255. The van der Waals surface area contributed by atoms with Gasteiger partial charge in [-0.2, -0.15) is 0 Å². The molecule has 0 aliphatic heterocycles. The predicted octanol–water partition coefficient (Wildman–Crippen LogP) is 0.809. The third-order valence-corrected chi connectivity index (χ3v) is 1.96. The van der Waals surface area contributed by atoms with E-state index in [-0.39, 0.29) is 37.8 Å². The van der Waals surface area contributed by atoms with E-state index in [1.165, 1.54) is 6.07 Å². The summed E-state index contributed by atoms with van der Waals surface area (Å²) in [6.45, 7) is 0.759. The van der Waals surface area contributed by atoms with Crippen molar-refractivity contribution in [3.8, 4) is 5.75 Å². The molecule has 0 saturated heterocycles. The molecule has 0 aliphatic rings. The van der Waals surface area contributed by atoms with Crippen LogP contribution in [-0.4, -0.2) is 25.6 Å². The molecule has 4 nitrogen and oxygen atoms in total. The zero-order chi connectivity index (χ0) is 12.7. The molecule has 0 saturated carbocycles. The summed E-state index contributed by atoms with van der Waals surface area (Å²) < 4.78 is 30.5. The van der Waals surface area contributed by atoms with Crippen LogP contribution in [0.25, 0.3) is 0 Å². The molecule has 0 atom stereocenters. The molecule has 6 heteroatoms. The van der Waals surface area contributed by atoms with Gasteiger partial charge in [0, 0.05) is 19.0 Å². The molecule has 17 heavy (non-hydrogen) atoms. The Morgan fingerprint density at radius 3 is 2.76 bits per heavy atom. The predicted molar refractivity (Wildman–Crippen MR) is 58.5 cm³/mol. The highest BCUT2D eigenvalue weighted by Crippen LogP contribution is 2.14. The molecule has 0 heterocycles. The first kappa shape index (κ1) is 13.4. The maximum absolute atomic E-state index is 12.8. The van der Waals surface area contributed by atoms with Crippen molar-refractivity contribution in [3.63, 3.8) is 0 Å². The normalized spacial score (nSPS) is 10.1. The van der Waals surface area contributed by atoms with E-state index in [0.717, 1.165) is 12.1 Å². The maximum Gasteiger partial charge on any atom is 0.221 e. The van der Waals surface area contributed by atoms with Crippen LogP contribution >= 0.6 is 0 Å². The minimum atomic E-state index is -0.963. The van der Waals surface area contributed by atoms with Crippen molar-refractivity contribution < 1.29 is 18.3 Å². The Hall–Kier alpha value is -1.69. The van der Waals surface area contributed by atoms with E-state index < -0.39 is 11.6 Å². The molecule has 94 valence electrons. The second-order valence-corrected chi connectivity index (χ2v) is 3.31. The molecule has 0 aromatic heterocycles. The van der Waals surface area contributed by atoms with E-state index in [1.54, 1.807) is 0 Å². The number of carbonyl (C=O) groups excluding carboxylic acids is 1. The average molecular weight is 244 g/mol. The van der Waals surface area contributed by atoms with Crippen LogP contribution in [0.5, 0.6) is 5.75 Å². The van der Waals surface area contributed by atoms with Crippen LogP contribution in [0.1, 0.15) is 6.42 Å². The van der Waals surface area contributed by atoms with Crippen molar-refractivity contribution in [2.24, 2.45) is 5.73 Å². The maximum atomic E-state index is 12.8. The lowest BCUT2D eigenvalue weighted by atomic mass is 10.3. The monoisotopic (exact) mass is 244 g/mol. The van der Waals surface area contributed by atoms with Gasteiger partial charge < -0.3 is 15.8 Å². The van der Waals surface area contributed by atoms with Crippen LogP contribution in [-0.2, 0) is 4.79 Å². The highest BCUT2D eigenvalue weighted by molar-refractivity contribution is 5.75. The van der Waals surface area contributed by atoms with Gasteiger partial charge in [0.15, 0.2) is 11.6 Å². The molecule has 0 radical (unpaired) electrons. The van der Waals surface area contributed by atoms with Gasteiger partial charge in [-0.3, -0.25) is 4.79 Å². The van der Waals surface area contributed by atoms with Crippen LogP contribution in [0.2, 0.25) is 0 Å². The molecule has 1 amide bonds. The molecule has 1 rings (SSSR count). The van der Waals surface area contributed by atoms with Crippen molar-refractivity contribution >= 4 is 5.91 Å². The zero-order valence-electron chi connectivity index (χ0n) is 9.21. The summed E-state index contributed by atoms with van der Waals surface area (Å²) >= 11 is 0. The number of rotatable bonds is 6. The van der Waals surface area contributed by atoms with Crippen molar-refractivity contribution in [1.82, 2.24) is 5.32 Å². The minimum absolute atomic E-state index is 0.165. The molecule has 0 spiro atoms. The molecule has 3 N–H and O–H groups in total. The number of ether oxygens (including phenoxy) is 1. The van der Waals surface area contributed by atoms with E-state index in [0.29, 0.717) is 0 Å². The molecule has 0 fully saturated rings. The second kappa shape index (κ2) is 6.80. The lowest BCUT2D eigenvalue weighted by molar-refractivity contribution is -0.120. The summed E-state index contributed by atoms with van der Waals surface area (Å²) in [5.41, 5.74) is 5.19. The Morgan fingerprint density at radius 1 is 1.35 bits per heavy atom. The van der Waals surface area contributed by atoms with E-state index in [2.05, 4.69) is 5.32 Å². The number of hydrogen-bond acceptors (Lipinski definition) is 3. The summed E-state index contributed by atoms with van der Waals surface area (Å²) in [7, 11) is 0. The molecule has 0 bridgehead atoms. The SMILES string of the molecule is NCCC(=O)NCCOc1ccc(F)c(F)c1. The first-order chi connectivity index (χ1) is 8.13. The fraction of sp³-hybridized carbons (Fsp3) is 0.364. The molecular weight excluding hydrogens is 230 g/mol. The Morgan fingerprint density at radius 2 is 2.12 bits per heavy atom. The third kappa shape index (κ3) is 4.78. The number of nitrogens with one attached hydrogen (secondary N) is 1. The minimum Gasteiger partial charge on any atom is -0.492 e. The van der Waals surface area contributed by atoms with Crippen LogP contribution in [0.3, 0.4) is 0 Å². The smallest absolute Gasteiger partial charge is 0.221 e. The van der Waals surface area contributed by atoms with Crippen LogP contribution in [0, 0.1) is 11.6 Å². The van der Waals surface area contributed by atoms with Crippen molar-refractivity contribution in [3.05, 3.63) is 29.8 Å². The molecule has 1 aromatic carbocycles. The largest absolute Gasteiger partial charge is 0.492 e. The molecule has 0 aliphatic carbocycles. The molecule has 0 unspecified atom stereocenters. The van der Waals surface area contributed by atoms with Crippen molar-refractivity contribution in [2.45, 2.75) is 6.42 Å². The fourth-order valence-corrected chi connectivity index (χ4v) is 1.15. The Balaban J connectivity index is 2.26. The van der Waals surface area contributed by atoms with Gasteiger partial charge >= 0.3 is 0 Å². The molecular formula is C11H14F2N2O2. The lowest BCUT2D eigenvalue weighted by Crippen LogP contribution is -2.29. The first-order valence-corrected chi connectivity index (χ1v) is 5.18. The van der Waals surface area contributed by atoms with Gasteiger partial charge in [-0.15, -0.1) is 0 Å². The quantitative estimate of drug-likeness (QED) is 0.728. The summed E-state index contributed by atoms with van der Waals surface area (Å²) in [5, 5.41) is 2.57. The number of halogens is 2. The van der Waals surface area contributed by atoms with E-state index in [1.807, 2.05) is 0 Å². The molecule has 1 aromatic rings. The topological polar surface area (TPSA) is 64.4 Å². The van der Waals surface area contributed by atoms with E-state index >= 15 is 0 Å². The number of nitrogens with two attached hydrogens (primary N) is 1. The summed E-state index contributed by atoms with van der Waals surface area (Å²) in [4.78, 5) is 11.0. The Bertz CT molecular complexity index is 386. The number of amides is 1. The Kier molecular flexibility index (Phi) is 5.35. The van der Waals surface area contributed by atoms with Gasteiger partial charge in [0.2, 0.25) is 5.91 Å². The van der Waals surface area contributed by atoms with E-state index in [9.17, 15) is 13.6 Å². The Labute approximate surface area is 97.8 Å². The fourth-order valence-electron chi connectivity index (χ4n) is 1.15. The summed E-state index contributed by atoms with van der Waals surface area (Å²) in [6, 6.07) is 3.26. The standard InChI is InChI=1S/C11H14F2N2O2/c12-9-2-1-8(7-10(9)13)17-6-5-15-11(16)3-4-14/h1-2,7H,3-6,14H2,(H,15,16). The van der Waals surface area contributed by atoms with Crippen molar-refractivity contribution in [1.29, 1.82) is 0 Å². The number of benzene rings is 1. The summed E-state index contributed by atoms with van der Waals surface area (Å²) in [5.74, 6) is -1.83. The zero-order valence-corrected chi connectivity index (χ0v) is 9.21. The van der Waals surface area contributed by atoms with Gasteiger partial charge in [-0.05, 0) is 12.1 Å². The average Bonchev–Trinajstić information content (AvgIpc) is 2.29. The third-order valence-electron chi connectivity index (χ3n) is 1.96. The van der Waals surface area contributed by atoms with Gasteiger partial charge in [-0.1, -0.05) is 0 Å². The van der Waals surface area contributed by atoms with Gasteiger partial charge in [0.1, 0.15) is 12.4 Å². The van der Waals surface area contributed by atoms with Crippen LogP contribution < -0.4 is 15.8 Å². The van der Waals surface area contributed by atoms with E-state index in [4.69, 9.17) is 10.5 Å².